The van der Waals surface area contributed by atoms with Crippen LogP contribution in [0.4, 0.5) is 0 Å². The number of nitrogens with one attached hydrogen (secondary N) is 3. The smallest absolute Gasteiger partial charge is 0.216 e. The molecule has 0 radical (unpaired) electrons. The molecule has 1 heterocycles. The highest BCUT2D eigenvalue weighted by Gasteiger charge is 2.01. The van der Waals surface area contributed by atoms with E-state index in [-0.39, 0.29) is 29.9 Å². The number of nitrogens with zero attached hydrogens (tertiary/aromatic N) is 1. The Bertz CT molecular complexity index is 718. The number of rotatable bonds is 11. The van der Waals surface area contributed by atoms with Crippen molar-refractivity contribution >= 4 is 35.8 Å². The van der Waals surface area contributed by atoms with Gasteiger partial charge in [-0.3, -0.25) is 9.79 Å². The molecule has 0 saturated carbocycles. The van der Waals surface area contributed by atoms with E-state index in [0.29, 0.717) is 13.1 Å². The minimum Gasteiger partial charge on any atom is -0.497 e. The Balaban J connectivity index is 0.00000420. The van der Waals surface area contributed by atoms with Crippen molar-refractivity contribution < 1.29 is 13.9 Å². The van der Waals surface area contributed by atoms with Gasteiger partial charge >= 0.3 is 0 Å². The van der Waals surface area contributed by atoms with Gasteiger partial charge in [-0.05, 0) is 42.7 Å². The van der Waals surface area contributed by atoms with Gasteiger partial charge in [0.1, 0.15) is 11.5 Å². The van der Waals surface area contributed by atoms with Gasteiger partial charge in [0.15, 0.2) is 5.96 Å². The minimum atomic E-state index is -0.0154. The molecule has 0 bridgehead atoms. The zero-order valence-corrected chi connectivity index (χ0v) is 19.4. The Labute approximate surface area is 189 Å². The van der Waals surface area contributed by atoms with Crippen LogP contribution in [-0.2, 0) is 17.6 Å². The predicted molar refractivity (Wildman–Crippen MR) is 126 cm³/mol. The highest BCUT2D eigenvalue weighted by Crippen LogP contribution is 2.11. The van der Waals surface area contributed by atoms with Gasteiger partial charge in [-0.1, -0.05) is 12.1 Å². The molecule has 2 rings (SSSR count). The van der Waals surface area contributed by atoms with Crippen LogP contribution in [0.25, 0.3) is 0 Å². The van der Waals surface area contributed by atoms with Crippen LogP contribution in [0.15, 0.2) is 52.1 Å². The lowest BCUT2D eigenvalue weighted by Gasteiger charge is -2.12. The second kappa shape index (κ2) is 14.7. The highest BCUT2D eigenvalue weighted by atomic mass is 127. The number of amides is 1. The fraction of sp³-hybridized carbons (Fsp3) is 0.429. The van der Waals surface area contributed by atoms with E-state index in [9.17, 15) is 4.79 Å². The number of furan rings is 1. The van der Waals surface area contributed by atoms with Gasteiger partial charge in [0.05, 0.1) is 13.4 Å². The first-order valence-corrected chi connectivity index (χ1v) is 9.59. The number of benzene rings is 1. The highest BCUT2D eigenvalue weighted by molar-refractivity contribution is 14.0. The van der Waals surface area contributed by atoms with Crippen molar-refractivity contribution in [1.82, 2.24) is 16.0 Å². The first-order valence-electron chi connectivity index (χ1n) is 9.59. The lowest BCUT2D eigenvalue weighted by Crippen LogP contribution is -2.39. The summed E-state index contributed by atoms with van der Waals surface area (Å²) < 4.78 is 10.5. The summed E-state index contributed by atoms with van der Waals surface area (Å²) in [5.74, 6) is 2.55. The number of ether oxygens (including phenoxy) is 1. The summed E-state index contributed by atoms with van der Waals surface area (Å²) in [6, 6.07) is 11.9. The predicted octanol–water partition coefficient (Wildman–Crippen LogP) is 2.75. The summed E-state index contributed by atoms with van der Waals surface area (Å²) in [4.78, 5) is 15.5. The van der Waals surface area contributed by atoms with Crippen molar-refractivity contribution in [3.63, 3.8) is 0 Å². The van der Waals surface area contributed by atoms with Crippen LogP contribution >= 0.6 is 24.0 Å². The van der Waals surface area contributed by atoms with Gasteiger partial charge in [0.25, 0.3) is 0 Å². The fourth-order valence-corrected chi connectivity index (χ4v) is 2.59. The van der Waals surface area contributed by atoms with E-state index in [4.69, 9.17) is 9.15 Å². The summed E-state index contributed by atoms with van der Waals surface area (Å²) in [6.45, 7) is 4.28. The second-order valence-electron chi connectivity index (χ2n) is 6.35. The zero-order valence-electron chi connectivity index (χ0n) is 17.1. The van der Waals surface area contributed by atoms with E-state index in [1.54, 1.807) is 13.4 Å². The average molecular weight is 514 g/mol. The molecule has 0 unspecified atom stereocenters. The Morgan fingerprint density at radius 1 is 1.03 bits per heavy atom. The van der Waals surface area contributed by atoms with E-state index in [2.05, 4.69) is 33.1 Å². The molecule has 1 aromatic heterocycles. The number of carbonyl (C=O) groups excluding carboxylic acids is 1. The van der Waals surface area contributed by atoms with Gasteiger partial charge < -0.3 is 25.1 Å². The molecule has 0 spiro atoms. The van der Waals surface area contributed by atoms with E-state index >= 15 is 0 Å². The van der Waals surface area contributed by atoms with Crippen molar-refractivity contribution in [2.24, 2.45) is 4.99 Å². The molecule has 8 heteroatoms. The Hall–Kier alpha value is -2.23. The van der Waals surface area contributed by atoms with Crippen LogP contribution in [0.3, 0.4) is 0 Å². The molecule has 0 saturated heterocycles. The SMILES string of the molecule is COc1ccc(CCNC(=NCCCNC(C)=O)NCCc2ccco2)cc1.I. The van der Waals surface area contributed by atoms with Crippen LogP contribution in [-0.4, -0.2) is 45.2 Å². The van der Waals surface area contributed by atoms with Gasteiger partial charge in [0, 0.05) is 39.5 Å². The van der Waals surface area contributed by atoms with Gasteiger partial charge in [-0.2, -0.15) is 0 Å². The van der Waals surface area contributed by atoms with Crippen LogP contribution in [0, 0.1) is 0 Å². The van der Waals surface area contributed by atoms with Crippen LogP contribution < -0.4 is 20.7 Å². The summed E-state index contributed by atoms with van der Waals surface area (Å²) in [6.07, 6.45) is 4.15. The molecule has 0 aliphatic carbocycles. The fourth-order valence-electron chi connectivity index (χ4n) is 2.59. The summed E-state index contributed by atoms with van der Waals surface area (Å²) >= 11 is 0. The largest absolute Gasteiger partial charge is 0.497 e. The molecule has 1 amide bonds. The summed E-state index contributed by atoms with van der Waals surface area (Å²) in [5, 5.41) is 9.48. The summed E-state index contributed by atoms with van der Waals surface area (Å²) in [7, 11) is 1.67. The van der Waals surface area contributed by atoms with Crippen LogP contribution in [0.1, 0.15) is 24.7 Å². The van der Waals surface area contributed by atoms with E-state index in [0.717, 1.165) is 49.8 Å². The minimum absolute atomic E-state index is 0. The third-order valence-electron chi connectivity index (χ3n) is 4.09. The van der Waals surface area contributed by atoms with E-state index in [1.807, 2.05) is 24.3 Å². The molecular formula is C21H31IN4O3. The molecule has 7 nitrogen and oxygen atoms in total. The molecule has 29 heavy (non-hydrogen) atoms. The monoisotopic (exact) mass is 514 g/mol. The van der Waals surface area contributed by atoms with Crippen molar-refractivity contribution in [2.75, 3.05) is 33.3 Å². The first-order chi connectivity index (χ1) is 13.7. The number of methoxy groups -OCH3 is 1. The third-order valence-corrected chi connectivity index (χ3v) is 4.09. The van der Waals surface area contributed by atoms with Crippen molar-refractivity contribution in [1.29, 1.82) is 0 Å². The molecule has 0 atom stereocenters. The molecule has 1 aromatic carbocycles. The lowest BCUT2D eigenvalue weighted by atomic mass is 10.1. The second-order valence-corrected chi connectivity index (χ2v) is 6.35. The molecule has 160 valence electrons. The molecule has 0 fully saturated rings. The number of hydrogen-bond donors (Lipinski definition) is 3. The topological polar surface area (TPSA) is 87.9 Å². The zero-order chi connectivity index (χ0) is 20.0. The Morgan fingerprint density at radius 2 is 1.76 bits per heavy atom. The maximum Gasteiger partial charge on any atom is 0.216 e. The van der Waals surface area contributed by atoms with Crippen molar-refractivity contribution in [3.8, 4) is 5.75 Å². The molecule has 3 N–H and O–H groups in total. The summed E-state index contributed by atoms with van der Waals surface area (Å²) in [5.41, 5.74) is 1.23. The number of aliphatic imine (C=N–C) groups is 1. The third kappa shape index (κ3) is 10.8. The maximum atomic E-state index is 10.9. The molecule has 0 aliphatic heterocycles. The van der Waals surface area contributed by atoms with Gasteiger partial charge in [-0.15, -0.1) is 24.0 Å². The van der Waals surface area contributed by atoms with Crippen LogP contribution in [0.5, 0.6) is 5.75 Å². The number of halogens is 1. The number of carbonyl (C=O) groups is 1. The van der Waals surface area contributed by atoms with E-state index < -0.39 is 0 Å². The average Bonchev–Trinajstić information content (AvgIpc) is 3.21. The van der Waals surface area contributed by atoms with Gasteiger partial charge in [-0.25, -0.2) is 0 Å². The Morgan fingerprint density at radius 3 is 2.38 bits per heavy atom. The number of guanidine groups is 1. The first kappa shape index (κ1) is 24.8. The standard InChI is InChI=1S/C21H30N4O3.HI/c1-17(26)22-12-4-13-23-21(25-15-11-20-5-3-16-28-20)24-14-10-18-6-8-19(27-2)9-7-18;/h3,5-9,16H,4,10-15H2,1-2H3,(H,22,26)(H2,23,24,25);1H. The lowest BCUT2D eigenvalue weighted by molar-refractivity contribution is -0.118. The maximum absolute atomic E-state index is 10.9. The van der Waals surface area contributed by atoms with Crippen molar-refractivity contribution in [2.45, 2.75) is 26.2 Å². The van der Waals surface area contributed by atoms with Gasteiger partial charge in [0.2, 0.25) is 5.91 Å². The normalized spacial score (nSPS) is 10.8. The Kier molecular flexibility index (Phi) is 12.6. The molecule has 0 aliphatic rings. The molecular weight excluding hydrogens is 483 g/mol. The quantitative estimate of drug-likeness (QED) is 0.186. The number of hydrogen-bond acceptors (Lipinski definition) is 4. The molecule has 2 aromatic rings. The van der Waals surface area contributed by atoms with Crippen LogP contribution in [0.2, 0.25) is 0 Å². The van der Waals surface area contributed by atoms with E-state index in [1.165, 1.54) is 12.5 Å². The van der Waals surface area contributed by atoms with Crippen molar-refractivity contribution in [3.05, 3.63) is 54.0 Å².